The third-order valence-electron chi connectivity index (χ3n) is 2.32. The average Bonchev–Trinajstić information content (AvgIpc) is 2.27. The molecule has 0 aromatic heterocycles. The van der Waals surface area contributed by atoms with Gasteiger partial charge in [0.05, 0.1) is 7.11 Å². The molecule has 0 bridgehead atoms. The molecule has 0 radical (unpaired) electrons. The molecule has 0 amide bonds. The van der Waals surface area contributed by atoms with Crippen LogP contribution in [0, 0.1) is 5.92 Å². The topological polar surface area (TPSA) is 21.3 Å². The molecular weight excluding hydrogens is 222 g/mol. The fourth-order valence-electron chi connectivity index (χ4n) is 1.37. The van der Waals surface area contributed by atoms with Gasteiger partial charge in [-0.25, -0.2) is 0 Å². The van der Waals surface area contributed by atoms with Crippen molar-refractivity contribution < 1.29 is 4.74 Å². The van der Waals surface area contributed by atoms with Gasteiger partial charge in [0.1, 0.15) is 5.76 Å². The molecule has 0 aromatic carbocycles. The van der Waals surface area contributed by atoms with Crippen molar-refractivity contribution in [1.82, 2.24) is 5.32 Å². The molecule has 0 heterocycles. The van der Waals surface area contributed by atoms with E-state index in [1.54, 1.807) is 7.11 Å². The highest BCUT2D eigenvalue weighted by Crippen LogP contribution is 2.12. The molecule has 1 N–H and O–H groups in total. The van der Waals surface area contributed by atoms with Crippen LogP contribution in [0.1, 0.15) is 27.7 Å². The molecule has 0 atom stereocenters. The molecular formula is C16H25NO. The van der Waals surface area contributed by atoms with Crippen molar-refractivity contribution in [3.63, 3.8) is 0 Å². The molecule has 0 unspecified atom stereocenters. The fraction of sp³-hybridized carbons (Fsp3) is 0.375. The second-order valence-electron chi connectivity index (χ2n) is 4.45. The van der Waals surface area contributed by atoms with E-state index in [0.29, 0.717) is 11.7 Å². The Hall–Kier alpha value is -1.70. The van der Waals surface area contributed by atoms with Gasteiger partial charge < -0.3 is 10.1 Å². The van der Waals surface area contributed by atoms with Crippen LogP contribution in [-0.4, -0.2) is 7.11 Å². The summed E-state index contributed by atoms with van der Waals surface area (Å²) in [7, 11) is 1.61. The Morgan fingerprint density at radius 1 is 1.22 bits per heavy atom. The first-order valence-electron chi connectivity index (χ1n) is 6.12. The van der Waals surface area contributed by atoms with Crippen LogP contribution < -0.4 is 5.32 Å². The zero-order valence-electron chi connectivity index (χ0n) is 12.2. The monoisotopic (exact) mass is 247 g/mol. The average molecular weight is 247 g/mol. The summed E-state index contributed by atoms with van der Waals surface area (Å²) in [6.07, 6.45) is 7.88. The molecule has 0 rings (SSSR count). The zero-order chi connectivity index (χ0) is 14.1. The number of methoxy groups -OCH3 is 1. The standard InChI is InChI=1S/C16H25NO/c1-8-9-13(4)10-16(12(2)3)17-14(5)11-15(6)18-7/h8-12,17H,4,6H2,1-3,5,7H3/b9-8-,14-11+,16-10+. The van der Waals surface area contributed by atoms with Gasteiger partial charge in [0, 0.05) is 11.4 Å². The summed E-state index contributed by atoms with van der Waals surface area (Å²) in [5.74, 6) is 1.03. The van der Waals surface area contributed by atoms with Crippen LogP contribution in [0.5, 0.6) is 0 Å². The van der Waals surface area contributed by atoms with Gasteiger partial charge in [0.25, 0.3) is 0 Å². The van der Waals surface area contributed by atoms with Crippen LogP contribution in [0.25, 0.3) is 0 Å². The van der Waals surface area contributed by atoms with Gasteiger partial charge in [0.15, 0.2) is 0 Å². The highest BCUT2D eigenvalue weighted by molar-refractivity contribution is 5.32. The van der Waals surface area contributed by atoms with Crippen molar-refractivity contribution >= 4 is 0 Å². The van der Waals surface area contributed by atoms with Gasteiger partial charge in [-0.05, 0) is 37.5 Å². The lowest BCUT2D eigenvalue weighted by molar-refractivity contribution is 0.308. The number of hydrogen-bond donors (Lipinski definition) is 1. The first kappa shape index (κ1) is 16.3. The molecule has 0 spiro atoms. The molecule has 2 nitrogen and oxygen atoms in total. The quantitative estimate of drug-likeness (QED) is 0.534. The molecule has 0 aromatic rings. The van der Waals surface area contributed by atoms with E-state index < -0.39 is 0 Å². The fourth-order valence-corrected chi connectivity index (χ4v) is 1.37. The summed E-state index contributed by atoms with van der Waals surface area (Å²) < 4.78 is 5.02. The van der Waals surface area contributed by atoms with E-state index in [4.69, 9.17) is 4.74 Å². The van der Waals surface area contributed by atoms with Gasteiger partial charge in [-0.2, -0.15) is 0 Å². The summed E-state index contributed by atoms with van der Waals surface area (Å²) >= 11 is 0. The molecule has 100 valence electrons. The summed E-state index contributed by atoms with van der Waals surface area (Å²) in [6.45, 7) is 16.0. The molecule has 0 saturated carbocycles. The third kappa shape index (κ3) is 6.79. The molecule has 0 fully saturated rings. The van der Waals surface area contributed by atoms with Crippen molar-refractivity contribution in [2.75, 3.05) is 7.11 Å². The Bertz CT molecular complexity index is 384. The number of rotatable bonds is 7. The maximum atomic E-state index is 5.02. The molecule has 2 heteroatoms. The van der Waals surface area contributed by atoms with Crippen LogP contribution >= 0.6 is 0 Å². The second kappa shape index (κ2) is 8.40. The Kier molecular flexibility index (Phi) is 7.61. The van der Waals surface area contributed by atoms with E-state index >= 15 is 0 Å². The number of hydrogen-bond acceptors (Lipinski definition) is 2. The Labute approximate surface area is 111 Å². The van der Waals surface area contributed by atoms with Gasteiger partial charge in [-0.3, -0.25) is 0 Å². The summed E-state index contributed by atoms with van der Waals surface area (Å²) in [5.41, 5.74) is 3.10. The van der Waals surface area contributed by atoms with Crippen molar-refractivity contribution in [2.24, 2.45) is 5.92 Å². The minimum Gasteiger partial charge on any atom is -0.497 e. The third-order valence-corrected chi connectivity index (χ3v) is 2.32. The van der Waals surface area contributed by atoms with Gasteiger partial charge in [0.2, 0.25) is 0 Å². The van der Waals surface area contributed by atoms with Crippen molar-refractivity contribution in [3.8, 4) is 0 Å². The maximum absolute atomic E-state index is 5.02. The molecule has 0 aliphatic rings. The van der Waals surface area contributed by atoms with Crippen molar-refractivity contribution in [2.45, 2.75) is 27.7 Å². The summed E-state index contributed by atoms with van der Waals surface area (Å²) in [5, 5.41) is 3.36. The van der Waals surface area contributed by atoms with Crippen molar-refractivity contribution in [1.29, 1.82) is 0 Å². The lowest BCUT2D eigenvalue weighted by atomic mass is 10.1. The van der Waals surface area contributed by atoms with Gasteiger partial charge >= 0.3 is 0 Å². The van der Waals surface area contributed by atoms with E-state index in [1.807, 2.05) is 32.1 Å². The highest BCUT2D eigenvalue weighted by atomic mass is 16.5. The van der Waals surface area contributed by atoms with E-state index in [1.165, 1.54) is 0 Å². The van der Waals surface area contributed by atoms with Gasteiger partial charge in [-0.15, -0.1) is 0 Å². The summed E-state index contributed by atoms with van der Waals surface area (Å²) in [6, 6.07) is 0. The lowest BCUT2D eigenvalue weighted by Crippen LogP contribution is -2.15. The second-order valence-corrected chi connectivity index (χ2v) is 4.45. The molecule has 18 heavy (non-hydrogen) atoms. The van der Waals surface area contributed by atoms with E-state index in [-0.39, 0.29) is 0 Å². The van der Waals surface area contributed by atoms with E-state index in [9.17, 15) is 0 Å². The van der Waals surface area contributed by atoms with Gasteiger partial charge in [-0.1, -0.05) is 39.2 Å². The lowest BCUT2D eigenvalue weighted by Gasteiger charge is -2.15. The predicted octanol–water partition coefficient (Wildman–Crippen LogP) is 4.31. The first-order chi connectivity index (χ1) is 8.40. The molecule has 0 saturated heterocycles. The Morgan fingerprint density at radius 2 is 1.83 bits per heavy atom. The van der Waals surface area contributed by atoms with E-state index in [0.717, 1.165) is 17.0 Å². The number of nitrogens with one attached hydrogen (secondary N) is 1. The maximum Gasteiger partial charge on any atom is 0.113 e. The smallest absolute Gasteiger partial charge is 0.113 e. The van der Waals surface area contributed by atoms with Crippen LogP contribution in [-0.2, 0) is 4.74 Å². The van der Waals surface area contributed by atoms with Crippen LogP contribution in [0.15, 0.2) is 60.2 Å². The first-order valence-corrected chi connectivity index (χ1v) is 6.12. The zero-order valence-corrected chi connectivity index (χ0v) is 12.2. The molecule has 0 aliphatic heterocycles. The Morgan fingerprint density at radius 3 is 2.28 bits per heavy atom. The summed E-state index contributed by atoms with van der Waals surface area (Å²) in [4.78, 5) is 0. The largest absolute Gasteiger partial charge is 0.497 e. The number of allylic oxidation sites excluding steroid dienone is 7. The SMILES string of the molecule is C=C(/C=C\C)/C=C(/N/C(C)=C/C(=C)OC)C(C)C. The van der Waals surface area contributed by atoms with Crippen LogP contribution in [0.2, 0.25) is 0 Å². The number of ether oxygens (including phenoxy) is 1. The highest BCUT2D eigenvalue weighted by Gasteiger charge is 2.03. The van der Waals surface area contributed by atoms with Crippen LogP contribution in [0.3, 0.4) is 0 Å². The molecule has 0 aliphatic carbocycles. The van der Waals surface area contributed by atoms with Crippen LogP contribution in [0.4, 0.5) is 0 Å². The normalized spacial score (nSPS) is 13.0. The van der Waals surface area contributed by atoms with E-state index in [2.05, 4.69) is 38.4 Å². The minimum absolute atomic E-state index is 0.395. The van der Waals surface area contributed by atoms with Crippen molar-refractivity contribution in [3.05, 3.63) is 60.2 Å². The predicted molar refractivity (Wildman–Crippen MR) is 79.9 cm³/mol. The Balaban J connectivity index is 4.90. The minimum atomic E-state index is 0.395.